The van der Waals surface area contributed by atoms with Crippen molar-refractivity contribution in [3.63, 3.8) is 0 Å². The molecular formula is C21H32O5. The third-order valence-corrected chi connectivity index (χ3v) is 6.74. The summed E-state index contributed by atoms with van der Waals surface area (Å²) >= 11 is 0. The van der Waals surface area contributed by atoms with E-state index in [9.17, 15) is 9.59 Å². The van der Waals surface area contributed by atoms with Crippen molar-refractivity contribution in [1.29, 1.82) is 0 Å². The first kappa shape index (κ1) is 20.7. The van der Waals surface area contributed by atoms with Crippen LogP contribution in [0.5, 0.6) is 0 Å². The largest absolute Gasteiger partial charge is 0.460 e. The molecule has 2 aliphatic carbocycles. The van der Waals surface area contributed by atoms with Gasteiger partial charge in [-0.05, 0) is 43.4 Å². The van der Waals surface area contributed by atoms with Crippen molar-refractivity contribution in [2.75, 3.05) is 13.2 Å². The van der Waals surface area contributed by atoms with Crippen LogP contribution in [0.3, 0.4) is 0 Å². The van der Waals surface area contributed by atoms with E-state index in [0.717, 1.165) is 31.9 Å². The summed E-state index contributed by atoms with van der Waals surface area (Å²) in [4.78, 5) is 21.8. The fourth-order valence-corrected chi connectivity index (χ4v) is 4.51. The minimum Gasteiger partial charge on any atom is -0.460 e. The normalized spacial score (nSPS) is 33.7. The van der Waals surface area contributed by atoms with Crippen molar-refractivity contribution in [2.45, 2.75) is 65.1 Å². The standard InChI is InChI=1S/C13H20O2.C8H12O3/c1-5-11(14)15-10-8-9-6-7-13(10,4)12(9,2)3;1-2-8(9)11-6-7-4-3-5-10-7/h5,9-10H,1,6-8H2,2-4H3;2,7H,1,3-6H2/t9-,10-,13+;/m0./s1. The summed E-state index contributed by atoms with van der Waals surface area (Å²) in [6, 6.07) is 0. The molecule has 5 heteroatoms. The van der Waals surface area contributed by atoms with Gasteiger partial charge in [-0.1, -0.05) is 33.9 Å². The Hall–Kier alpha value is -1.62. The molecule has 0 aromatic carbocycles. The highest BCUT2D eigenvalue weighted by atomic mass is 16.6. The van der Waals surface area contributed by atoms with Crippen LogP contribution in [0, 0.1) is 16.7 Å². The zero-order valence-corrected chi connectivity index (χ0v) is 16.3. The van der Waals surface area contributed by atoms with Gasteiger partial charge in [0.25, 0.3) is 0 Å². The van der Waals surface area contributed by atoms with E-state index in [1.807, 2.05) is 0 Å². The molecule has 3 aliphatic rings. The van der Waals surface area contributed by atoms with Crippen LogP contribution in [-0.4, -0.2) is 37.4 Å². The smallest absolute Gasteiger partial charge is 0.330 e. The van der Waals surface area contributed by atoms with Crippen molar-refractivity contribution < 1.29 is 23.8 Å². The quantitative estimate of drug-likeness (QED) is 0.548. The molecule has 5 nitrogen and oxygen atoms in total. The molecule has 26 heavy (non-hydrogen) atoms. The molecule has 2 saturated carbocycles. The van der Waals surface area contributed by atoms with Gasteiger partial charge in [0.1, 0.15) is 12.7 Å². The fraction of sp³-hybridized carbons (Fsp3) is 0.714. The molecule has 1 saturated heterocycles. The van der Waals surface area contributed by atoms with Gasteiger partial charge in [-0.25, -0.2) is 9.59 Å². The third-order valence-electron chi connectivity index (χ3n) is 6.74. The summed E-state index contributed by atoms with van der Waals surface area (Å²) in [5.41, 5.74) is 0.468. The summed E-state index contributed by atoms with van der Waals surface area (Å²) in [7, 11) is 0. The van der Waals surface area contributed by atoms with Gasteiger partial charge < -0.3 is 14.2 Å². The lowest BCUT2D eigenvalue weighted by molar-refractivity contribution is -0.150. The van der Waals surface area contributed by atoms with E-state index in [0.29, 0.717) is 17.9 Å². The Balaban J connectivity index is 0.000000197. The van der Waals surface area contributed by atoms with Crippen molar-refractivity contribution in [3.05, 3.63) is 25.3 Å². The average Bonchev–Trinajstić information content (AvgIpc) is 3.26. The molecule has 0 N–H and O–H groups in total. The second kappa shape index (κ2) is 8.38. The lowest BCUT2D eigenvalue weighted by atomic mass is 9.70. The van der Waals surface area contributed by atoms with Crippen LogP contribution >= 0.6 is 0 Å². The maximum absolute atomic E-state index is 11.3. The number of ether oxygens (including phenoxy) is 3. The molecule has 0 amide bonds. The van der Waals surface area contributed by atoms with Gasteiger partial charge in [0.2, 0.25) is 0 Å². The number of hydrogen-bond donors (Lipinski definition) is 0. The highest BCUT2D eigenvalue weighted by molar-refractivity contribution is 5.81. The molecule has 4 atom stereocenters. The Morgan fingerprint density at radius 2 is 1.85 bits per heavy atom. The zero-order chi connectivity index (χ0) is 19.4. The maximum Gasteiger partial charge on any atom is 0.330 e. The molecule has 0 radical (unpaired) electrons. The minimum absolute atomic E-state index is 0.0942. The molecule has 1 aliphatic heterocycles. The molecule has 1 unspecified atom stereocenters. The van der Waals surface area contributed by atoms with Gasteiger partial charge in [0, 0.05) is 24.2 Å². The first-order valence-electron chi connectivity index (χ1n) is 9.48. The van der Waals surface area contributed by atoms with Gasteiger partial charge in [0.05, 0.1) is 6.10 Å². The Labute approximate surface area is 156 Å². The molecule has 2 bridgehead atoms. The Kier molecular flexibility index (Phi) is 6.67. The predicted molar refractivity (Wildman–Crippen MR) is 99.4 cm³/mol. The maximum atomic E-state index is 11.3. The van der Waals surface area contributed by atoms with E-state index >= 15 is 0 Å². The number of fused-ring (bicyclic) bond motifs is 2. The highest BCUT2D eigenvalue weighted by Gasteiger charge is 2.62. The van der Waals surface area contributed by atoms with Gasteiger partial charge in [-0.15, -0.1) is 0 Å². The topological polar surface area (TPSA) is 61.8 Å². The first-order valence-corrected chi connectivity index (χ1v) is 9.48. The number of carbonyl (C=O) groups excluding carboxylic acids is 2. The molecule has 3 fully saturated rings. The number of esters is 2. The second-order valence-electron chi connectivity index (χ2n) is 8.21. The van der Waals surface area contributed by atoms with Gasteiger partial charge >= 0.3 is 11.9 Å². The third kappa shape index (κ3) is 4.20. The SMILES string of the molecule is C=CC(=O)OCC1CCCO1.C=CC(=O)O[C@H]1C[C@@H]2CC[C@@]1(C)C2(C)C. The summed E-state index contributed by atoms with van der Waals surface area (Å²) < 4.78 is 15.5. The molecule has 3 rings (SSSR count). The summed E-state index contributed by atoms with van der Waals surface area (Å²) in [6.07, 6.45) is 8.18. The lowest BCUT2D eigenvalue weighted by Crippen LogP contribution is -2.38. The van der Waals surface area contributed by atoms with Crippen molar-refractivity contribution in [3.8, 4) is 0 Å². The zero-order valence-electron chi connectivity index (χ0n) is 16.3. The van der Waals surface area contributed by atoms with Gasteiger partial charge in [-0.2, -0.15) is 0 Å². The van der Waals surface area contributed by atoms with Crippen LogP contribution in [0.25, 0.3) is 0 Å². The monoisotopic (exact) mass is 364 g/mol. The van der Waals surface area contributed by atoms with Crippen LogP contribution in [0.1, 0.15) is 52.9 Å². The summed E-state index contributed by atoms with van der Waals surface area (Å²) in [6.45, 7) is 14.8. The number of carbonyl (C=O) groups is 2. The van der Waals surface area contributed by atoms with E-state index in [1.165, 1.54) is 18.9 Å². The van der Waals surface area contributed by atoms with Crippen LogP contribution in [0.4, 0.5) is 0 Å². The predicted octanol–water partition coefficient (Wildman–Crippen LogP) is 3.83. The molecule has 0 aromatic rings. The Morgan fingerprint density at radius 3 is 2.31 bits per heavy atom. The van der Waals surface area contributed by atoms with Crippen LogP contribution in [-0.2, 0) is 23.8 Å². The first-order chi connectivity index (χ1) is 12.2. The lowest BCUT2D eigenvalue weighted by Gasteiger charge is -2.38. The van der Waals surface area contributed by atoms with E-state index in [1.54, 1.807) is 0 Å². The van der Waals surface area contributed by atoms with Crippen molar-refractivity contribution in [1.82, 2.24) is 0 Å². The van der Waals surface area contributed by atoms with Crippen molar-refractivity contribution >= 4 is 11.9 Å². The summed E-state index contributed by atoms with van der Waals surface area (Å²) in [5.74, 6) is 0.0650. The molecule has 1 heterocycles. The molecular weight excluding hydrogens is 332 g/mol. The minimum atomic E-state index is -0.375. The summed E-state index contributed by atoms with van der Waals surface area (Å²) in [5, 5.41) is 0. The van der Waals surface area contributed by atoms with Crippen LogP contribution in [0.2, 0.25) is 0 Å². The molecule has 146 valence electrons. The van der Waals surface area contributed by atoms with Gasteiger partial charge in [-0.3, -0.25) is 0 Å². The van der Waals surface area contributed by atoms with E-state index < -0.39 is 0 Å². The molecule has 0 spiro atoms. The average molecular weight is 364 g/mol. The van der Waals surface area contributed by atoms with E-state index in [2.05, 4.69) is 33.9 Å². The Bertz CT molecular complexity index is 547. The van der Waals surface area contributed by atoms with Crippen LogP contribution < -0.4 is 0 Å². The Morgan fingerprint density at radius 1 is 1.15 bits per heavy atom. The van der Waals surface area contributed by atoms with E-state index in [4.69, 9.17) is 14.2 Å². The second-order valence-corrected chi connectivity index (χ2v) is 8.21. The highest BCUT2D eigenvalue weighted by Crippen LogP contribution is 2.66. The number of rotatable bonds is 5. The van der Waals surface area contributed by atoms with Gasteiger partial charge in [0.15, 0.2) is 0 Å². The number of hydrogen-bond acceptors (Lipinski definition) is 5. The fourth-order valence-electron chi connectivity index (χ4n) is 4.51. The molecule has 0 aromatic heterocycles. The van der Waals surface area contributed by atoms with E-state index in [-0.39, 0.29) is 29.6 Å². The van der Waals surface area contributed by atoms with Crippen LogP contribution in [0.15, 0.2) is 25.3 Å². The van der Waals surface area contributed by atoms with Crippen molar-refractivity contribution in [2.24, 2.45) is 16.7 Å².